The van der Waals surface area contributed by atoms with Crippen molar-refractivity contribution >= 4 is 23.4 Å². The van der Waals surface area contributed by atoms with E-state index in [1.54, 1.807) is 11.5 Å². The first-order valence-electron chi connectivity index (χ1n) is 12.9. The van der Waals surface area contributed by atoms with Crippen LogP contribution in [0.3, 0.4) is 0 Å². The highest BCUT2D eigenvalue weighted by atomic mass is 32.1. The monoisotopic (exact) mass is 518 g/mol. The molecule has 194 valence electrons. The lowest BCUT2D eigenvalue weighted by atomic mass is 9.92. The summed E-state index contributed by atoms with van der Waals surface area (Å²) in [6.07, 6.45) is 3.31. The Labute approximate surface area is 221 Å². The highest BCUT2D eigenvalue weighted by Gasteiger charge is 2.34. The highest BCUT2D eigenvalue weighted by Crippen LogP contribution is 2.33. The number of esters is 1. The van der Waals surface area contributed by atoms with E-state index in [-0.39, 0.29) is 12.2 Å². The molecule has 0 radical (unpaired) electrons. The number of ether oxygens (including phenoxy) is 2. The number of hydrogen-bond acceptors (Lipinski definition) is 6. The number of hydrogen-bond donors (Lipinski definition) is 0. The number of nitrogens with zero attached hydrogens (tertiary/aromatic N) is 2. The maximum atomic E-state index is 13.8. The average molecular weight is 519 g/mol. The Morgan fingerprint density at radius 3 is 2.35 bits per heavy atom. The first-order valence-corrected chi connectivity index (χ1v) is 13.7. The minimum atomic E-state index is -0.597. The molecule has 7 heteroatoms. The number of benzene rings is 2. The van der Waals surface area contributed by atoms with E-state index in [0.717, 1.165) is 23.3 Å². The van der Waals surface area contributed by atoms with E-state index in [4.69, 9.17) is 14.5 Å². The topological polar surface area (TPSA) is 69.9 Å². The molecule has 3 aromatic rings. The number of carbonyl (C=O) groups excluding carboxylic acids is 1. The second-order valence-electron chi connectivity index (χ2n) is 9.24. The fourth-order valence-corrected chi connectivity index (χ4v) is 5.50. The Morgan fingerprint density at radius 1 is 1.05 bits per heavy atom. The van der Waals surface area contributed by atoms with Gasteiger partial charge in [0.05, 0.1) is 35.1 Å². The third-order valence-electron chi connectivity index (χ3n) is 6.30. The van der Waals surface area contributed by atoms with Gasteiger partial charge in [0, 0.05) is 0 Å². The van der Waals surface area contributed by atoms with Crippen molar-refractivity contribution in [3.05, 3.63) is 96.2 Å². The quantitative estimate of drug-likeness (QED) is 0.370. The summed E-state index contributed by atoms with van der Waals surface area (Å²) in [5.74, 6) is 0.739. The molecule has 1 aliphatic rings. The summed E-state index contributed by atoms with van der Waals surface area (Å²) in [4.78, 5) is 32.5. The number of thiazole rings is 1. The van der Waals surface area contributed by atoms with E-state index in [1.165, 1.54) is 16.9 Å². The molecule has 1 aliphatic heterocycles. The van der Waals surface area contributed by atoms with Crippen LogP contribution in [0.5, 0.6) is 5.75 Å². The fourth-order valence-electron chi connectivity index (χ4n) is 4.48. The molecule has 6 nitrogen and oxygen atoms in total. The molecule has 1 atom stereocenters. The number of fused-ring (bicyclic) bond motifs is 1. The van der Waals surface area contributed by atoms with E-state index in [1.807, 2.05) is 49.4 Å². The summed E-state index contributed by atoms with van der Waals surface area (Å²) in [5, 5.41) is 0. The Hall–Kier alpha value is -3.45. The zero-order chi connectivity index (χ0) is 26.5. The SMILES string of the molecule is CCCC1=C(C(=O)OCC)[C@@H](c2ccc(C(C)C)cc2)n2c(s/c(=C\c3ccc(OCC)cc3)c2=O)=N1. The van der Waals surface area contributed by atoms with Crippen LogP contribution in [0, 0.1) is 0 Å². The lowest BCUT2D eigenvalue weighted by molar-refractivity contribution is -0.139. The van der Waals surface area contributed by atoms with Crippen LogP contribution in [0.25, 0.3) is 6.08 Å². The first-order chi connectivity index (χ1) is 17.9. The summed E-state index contributed by atoms with van der Waals surface area (Å²) in [5.41, 5.74) is 3.92. The molecule has 0 aliphatic carbocycles. The summed E-state index contributed by atoms with van der Waals surface area (Å²) in [6.45, 7) is 10.9. The normalized spacial score (nSPS) is 15.5. The van der Waals surface area contributed by atoms with E-state index in [2.05, 4.69) is 32.9 Å². The van der Waals surface area contributed by atoms with E-state index < -0.39 is 12.0 Å². The number of carbonyl (C=O) groups is 1. The van der Waals surface area contributed by atoms with Gasteiger partial charge in [-0.1, -0.05) is 74.9 Å². The fraction of sp³-hybridized carbons (Fsp3) is 0.367. The van der Waals surface area contributed by atoms with E-state index in [9.17, 15) is 9.59 Å². The summed E-state index contributed by atoms with van der Waals surface area (Å²) < 4.78 is 13.2. The third kappa shape index (κ3) is 5.62. The van der Waals surface area contributed by atoms with Crippen molar-refractivity contribution in [3.63, 3.8) is 0 Å². The molecule has 37 heavy (non-hydrogen) atoms. The van der Waals surface area contributed by atoms with Crippen molar-refractivity contribution in [1.29, 1.82) is 0 Å². The van der Waals surface area contributed by atoms with Crippen molar-refractivity contribution in [2.24, 2.45) is 4.99 Å². The lowest BCUT2D eigenvalue weighted by Crippen LogP contribution is -2.40. The predicted octanol–water partition coefficient (Wildman–Crippen LogP) is 5.10. The Morgan fingerprint density at radius 2 is 1.76 bits per heavy atom. The van der Waals surface area contributed by atoms with Crippen molar-refractivity contribution in [1.82, 2.24) is 4.57 Å². The molecule has 0 N–H and O–H groups in total. The standard InChI is InChI=1S/C30H34N2O4S/c1-6-9-24-26(29(34)36-8-3)27(22-14-12-21(13-15-22)19(4)5)32-28(33)25(37-30(32)31-24)18-20-10-16-23(17-11-20)35-7-2/h10-19,27H,6-9H2,1-5H3/b25-18-/t27-/m1/s1. The van der Waals surface area contributed by atoms with Gasteiger partial charge in [-0.25, -0.2) is 9.79 Å². The number of rotatable bonds is 9. The van der Waals surface area contributed by atoms with Crippen LogP contribution in [0.1, 0.15) is 76.1 Å². The Bertz CT molecular complexity index is 1460. The molecular weight excluding hydrogens is 484 g/mol. The largest absolute Gasteiger partial charge is 0.494 e. The maximum Gasteiger partial charge on any atom is 0.338 e. The second-order valence-corrected chi connectivity index (χ2v) is 10.2. The maximum absolute atomic E-state index is 13.8. The van der Waals surface area contributed by atoms with Crippen molar-refractivity contribution in [3.8, 4) is 5.75 Å². The molecule has 1 aromatic heterocycles. The molecule has 0 saturated carbocycles. The third-order valence-corrected chi connectivity index (χ3v) is 7.28. The number of aromatic nitrogens is 1. The van der Waals surface area contributed by atoms with Gasteiger partial charge in [0.25, 0.3) is 5.56 Å². The summed E-state index contributed by atoms with van der Waals surface area (Å²) in [6, 6.07) is 15.2. The van der Waals surface area contributed by atoms with Gasteiger partial charge >= 0.3 is 5.97 Å². The van der Waals surface area contributed by atoms with Gasteiger partial charge in [-0.05, 0) is 61.1 Å². The zero-order valence-electron chi connectivity index (χ0n) is 22.1. The van der Waals surface area contributed by atoms with Crippen molar-refractivity contribution in [2.75, 3.05) is 13.2 Å². The smallest absolute Gasteiger partial charge is 0.338 e. The summed E-state index contributed by atoms with van der Waals surface area (Å²) in [7, 11) is 0. The van der Waals surface area contributed by atoms with Crippen LogP contribution in [0.2, 0.25) is 0 Å². The second kappa shape index (κ2) is 11.7. The minimum Gasteiger partial charge on any atom is -0.494 e. The van der Waals surface area contributed by atoms with Crippen molar-refractivity contribution < 1.29 is 14.3 Å². The van der Waals surface area contributed by atoms with Crippen LogP contribution < -0.4 is 19.6 Å². The molecule has 0 saturated heterocycles. The van der Waals surface area contributed by atoms with Gasteiger partial charge < -0.3 is 9.47 Å². The van der Waals surface area contributed by atoms with Gasteiger partial charge in [-0.15, -0.1) is 0 Å². The van der Waals surface area contributed by atoms with Crippen LogP contribution in [-0.4, -0.2) is 23.8 Å². The van der Waals surface area contributed by atoms with Crippen molar-refractivity contribution in [2.45, 2.75) is 59.4 Å². The van der Waals surface area contributed by atoms with Gasteiger partial charge in [-0.2, -0.15) is 0 Å². The predicted molar refractivity (Wildman–Crippen MR) is 148 cm³/mol. The molecule has 0 amide bonds. The van der Waals surface area contributed by atoms with Crippen LogP contribution in [-0.2, 0) is 9.53 Å². The molecule has 4 rings (SSSR count). The van der Waals surface area contributed by atoms with Crippen LogP contribution in [0.15, 0.2) is 69.6 Å². The molecule has 2 aromatic carbocycles. The van der Waals surface area contributed by atoms with Crippen LogP contribution in [0.4, 0.5) is 0 Å². The molecule has 0 fully saturated rings. The number of allylic oxidation sites excluding steroid dienone is 1. The molecule has 0 bridgehead atoms. The van der Waals surface area contributed by atoms with Gasteiger partial charge in [0.2, 0.25) is 0 Å². The molecular formula is C30H34N2O4S. The zero-order valence-corrected chi connectivity index (χ0v) is 22.9. The lowest BCUT2D eigenvalue weighted by Gasteiger charge is -2.26. The molecule has 0 unspecified atom stereocenters. The van der Waals surface area contributed by atoms with E-state index >= 15 is 0 Å². The minimum absolute atomic E-state index is 0.173. The highest BCUT2D eigenvalue weighted by molar-refractivity contribution is 7.07. The summed E-state index contributed by atoms with van der Waals surface area (Å²) >= 11 is 1.35. The average Bonchev–Trinajstić information content (AvgIpc) is 3.19. The van der Waals surface area contributed by atoms with E-state index in [0.29, 0.717) is 39.5 Å². The first kappa shape index (κ1) is 26.6. The Balaban J connectivity index is 1.91. The van der Waals surface area contributed by atoms with Gasteiger partial charge in [0.15, 0.2) is 4.80 Å². The van der Waals surface area contributed by atoms with Gasteiger partial charge in [-0.3, -0.25) is 9.36 Å². The van der Waals surface area contributed by atoms with Gasteiger partial charge in [0.1, 0.15) is 5.75 Å². The van der Waals surface area contributed by atoms with Crippen LogP contribution >= 0.6 is 11.3 Å². The Kier molecular flexibility index (Phi) is 8.44. The molecule has 0 spiro atoms. The molecule has 2 heterocycles.